The van der Waals surface area contributed by atoms with Gasteiger partial charge in [-0.15, -0.1) is 0 Å². The van der Waals surface area contributed by atoms with E-state index in [9.17, 15) is 0 Å². The summed E-state index contributed by atoms with van der Waals surface area (Å²) in [6, 6.07) is 104. The molecule has 3 unspecified atom stereocenters. The average molecular weight is 1720 g/mol. The maximum absolute atomic E-state index is 8.42. The molecule has 0 saturated carbocycles. The lowest BCUT2D eigenvalue weighted by Crippen LogP contribution is -2.57. The lowest BCUT2D eigenvalue weighted by molar-refractivity contribution is -0.952. The van der Waals surface area contributed by atoms with Crippen LogP contribution in [0.15, 0.2) is 273 Å². The minimum absolute atomic E-state index is 0.115. The first-order chi connectivity index (χ1) is 62.2. The highest BCUT2D eigenvalue weighted by molar-refractivity contribution is 6.24. The molecule has 9 aromatic rings. The first-order valence-corrected chi connectivity index (χ1v) is 52.3. The number of unbranched alkanes of at least 4 members (excludes halogenated alkanes) is 15. The normalized spacial score (nSPS) is 12.7. The molecule has 696 valence electrons. The van der Waals surface area contributed by atoms with E-state index in [-0.39, 0.29) is 16.2 Å². The molecule has 0 heterocycles. The summed E-state index contributed by atoms with van der Waals surface area (Å²) < 4.78 is 4.18. The van der Waals surface area contributed by atoms with Crippen LogP contribution in [0.5, 0.6) is 0 Å². The molecule has 0 aliphatic carbocycles. The van der Waals surface area contributed by atoms with Gasteiger partial charge in [0.1, 0.15) is 0 Å². The molecule has 7 heteroatoms. The molecule has 3 atom stereocenters. The van der Waals surface area contributed by atoms with E-state index in [1.807, 2.05) is 0 Å². The zero-order valence-corrected chi connectivity index (χ0v) is 82.8. The van der Waals surface area contributed by atoms with Crippen LogP contribution in [0, 0.1) is 0 Å². The zero-order valence-electron chi connectivity index (χ0n) is 82.8. The molecule has 0 aliphatic rings. The highest BCUT2D eigenvalue weighted by Crippen LogP contribution is 2.48. The number of hydrogen-bond acceptors (Lipinski definition) is 3. The Bertz CT molecular complexity index is 3270. The van der Waals surface area contributed by atoms with E-state index in [0.29, 0.717) is 0 Å². The molecule has 0 amide bonds. The van der Waals surface area contributed by atoms with Crippen molar-refractivity contribution in [1.29, 1.82) is 0 Å². The second-order valence-electron chi connectivity index (χ2n) is 37.8. The monoisotopic (exact) mass is 1720 g/mol. The first-order valence-electron chi connectivity index (χ1n) is 52.3. The molecule has 0 spiro atoms. The van der Waals surface area contributed by atoms with E-state index in [2.05, 4.69) is 356 Å². The van der Waals surface area contributed by atoms with Crippen LogP contribution < -0.4 is 15.1 Å². The molecule has 0 bridgehead atoms. The van der Waals surface area contributed by atoms with Crippen molar-refractivity contribution in [3.05, 3.63) is 323 Å². The van der Waals surface area contributed by atoms with Crippen LogP contribution in [0.3, 0.4) is 0 Å². The predicted molar refractivity (Wildman–Crippen MR) is 547 cm³/mol. The fourth-order valence-corrected chi connectivity index (χ4v) is 22.1. The van der Waals surface area contributed by atoms with Gasteiger partial charge in [-0.25, -0.2) is 0 Å². The molecule has 0 fully saturated rings. The molecular weight excluding hydrogens is 1540 g/mol. The van der Waals surface area contributed by atoms with Gasteiger partial charge < -0.3 is 28.5 Å². The fourth-order valence-electron chi connectivity index (χ4n) is 22.1. The molecule has 0 saturated heterocycles. The standard InChI is InChI=1S/3C40H60N.BO3/c3*1-5-9-33-41(34-10-6-2,35-11-7-3)39(24-8-4)31-22-15-23-32-40(36-25-16-12-17-26-36,37-27-18-13-19-28-37)38-29-20-14-21-30-38;2-1(3)4/h3*12-14,16-21,25-30,39H,5-11,15,22-24,31-35H2,1-4H3;/q3*+1;-3. The van der Waals surface area contributed by atoms with Crippen LogP contribution in [0.2, 0.25) is 0 Å². The van der Waals surface area contributed by atoms with E-state index in [0.717, 1.165) is 37.4 Å². The van der Waals surface area contributed by atoms with Gasteiger partial charge in [-0.2, -0.15) is 0 Å². The Labute approximate surface area is 780 Å². The van der Waals surface area contributed by atoms with Crippen molar-refractivity contribution in [2.24, 2.45) is 0 Å². The quantitative estimate of drug-likeness (QED) is 0.0165. The number of benzene rings is 9. The Morgan fingerprint density at radius 2 is 0.315 bits per heavy atom. The van der Waals surface area contributed by atoms with Crippen LogP contribution >= 0.6 is 0 Å². The van der Waals surface area contributed by atoms with Crippen molar-refractivity contribution in [3.63, 3.8) is 0 Å². The molecule has 9 aromatic carbocycles. The Morgan fingerprint density at radius 1 is 0.181 bits per heavy atom. The third kappa shape index (κ3) is 34.2. The lowest BCUT2D eigenvalue weighted by Gasteiger charge is -2.46. The van der Waals surface area contributed by atoms with Crippen LogP contribution in [-0.2, 0) is 16.2 Å². The summed E-state index contributed by atoms with van der Waals surface area (Å²) in [4.78, 5) is 0. The van der Waals surface area contributed by atoms with E-state index in [1.165, 1.54) is 354 Å². The smallest absolute Gasteiger partial charge is 0.0890 e. The van der Waals surface area contributed by atoms with Gasteiger partial charge in [0, 0.05) is 16.2 Å². The SMILES string of the molecule is CCCC[N+](CCCC)(CCCC)C(CCC)CCCCCC(c1ccccc1)(c1ccccc1)c1ccccc1.CCCC[N+](CCCC)(CCCC)C(CCC)CCCCCC(c1ccccc1)(c1ccccc1)c1ccccc1.CCCC[N+](CCCC)(CCCC)C(CCC)CCCCCC(c1ccccc1)(c1ccccc1)c1ccccc1.[O-]B([O-])[O-]. The van der Waals surface area contributed by atoms with Crippen molar-refractivity contribution in [1.82, 2.24) is 0 Å². The second-order valence-corrected chi connectivity index (χ2v) is 37.8. The molecule has 0 N–H and O–H groups in total. The van der Waals surface area contributed by atoms with E-state index < -0.39 is 7.32 Å². The Hall–Kier alpha value is -7.20. The highest BCUT2D eigenvalue weighted by Gasteiger charge is 2.42. The molecule has 0 aromatic heterocycles. The van der Waals surface area contributed by atoms with Crippen LogP contribution in [-0.4, -0.2) is 97.8 Å². The molecule has 0 aliphatic heterocycles. The maximum Gasteiger partial charge on any atom is 0.0890 e. The largest absolute Gasteiger partial charge is 0.907 e. The summed E-state index contributed by atoms with van der Waals surface area (Å²) >= 11 is 0. The average Bonchev–Trinajstić information content (AvgIpc) is 0.765. The van der Waals surface area contributed by atoms with Crippen molar-refractivity contribution < 1.29 is 28.5 Å². The first kappa shape index (κ1) is 109. The van der Waals surface area contributed by atoms with Gasteiger partial charge in [-0.1, -0.05) is 472 Å². The van der Waals surface area contributed by atoms with Gasteiger partial charge in [0.05, 0.1) is 77.0 Å². The van der Waals surface area contributed by atoms with Gasteiger partial charge in [0.15, 0.2) is 0 Å². The van der Waals surface area contributed by atoms with Crippen LogP contribution in [0.1, 0.15) is 384 Å². The number of nitrogens with zero attached hydrogens (tertiary/aromatic N) is 3. The van der Waals surface area contributed by atoms with Gasteiger partial charge in [-0.3, -0.25) is 7.32 Å². The van der Waals surface area contributed by atoms with Gasteiger partial charge in [0.25, 0.3) is 0 Å². The molecule has 0 radical (unpaired) electrons. The van der Waals surface area contributed by atoms with Crippen LogP contribution in [0.4, 0.5) is 0 Å². The second kappa shape index (κ2) is 63.8. The lowest BCUT2D eigenvalue weighted by atomic mass is 9.66. The van der Waals surface area contributed by atoms with Crippen molar-refractivity contribution in [2.75, 3.05) is 58.9 Å². The zero-order chi connectivity index (χ0) is 91.3. The van der Waals surface area contributed by atoms with Gasteiger partial charge >= 0.3 is 0 Å². The Kier molecular flexibility index (Phi) is 54.5. The third-order valence-electron chi connectivity index (χ3n) is 29.0. The van der Waals surface area contributed by atoms with Crippen LogP contribution in [0.25, 0.3) is 0 Å². The van der Waals surface area contributed by atoms with E-state index in [1.54, 1.807) is 0 Å². The summed E-state index contributed by atoms with van der Waals surface area (Å²) in [6.45, 7) is 41.1. The summed E-state index contributed by atoms with van der Waals surface area (Å²) in [5.74, 6) is 0. The fraction of sp³-hybridized carbons (Fsp3) is 0.550. The number of rotatable bonds is 63. The Morgan fingerprint density at radius 3 is 0.433 bits per heavy atom. The third-order valence-corrected chi connectivity index (χ3v) is 29.0. The summed E-state index contributed by atoms with van der Waals surface area (Å²) in [7, 11) is -2.92. The highest BCUT2D eigenvalue weighted by atomic mass is 16.5. The summed E-state index contributed by atoms with van der Waals surface area (Å²) in [5.41, 5.74) is 12.4. The predicted octanol–water partition coefficient (Wildman–Crippen LogP) is 30.1. The molecular formula is C120H180BN3O3. The Balaban J connectivity index is 0.000000287. The number of quaternary nitrogens is 3. The topological polar surface area (TPSA) is 69.2 Å². The van der Waals surface area contributed by atoms with Crippen molar-refractivity contribution in [2.45, 2.75) is 368 Å². The molecule has 6 nitrogen and oxygen atoms in total. The van der Waals surface area contributed by atoms with Gasteiger partial charge in [-0.05, 0) is 185 Å². The number of hydrogen-bond donors (Lipinski definition) is 0. The summed E-state index contributed by atoms with van der Waals surface area (Å²) in [6.07, 6.45) is 51.7. The van der Waals surface area contributed by atoms with E-state index >= 15 is 0 Å². The molecule has 9 rings (SSSR count). The minimum atomic E-state index is -2.92. The summed E-state index contributed by atoms with van der Waals surface area (Å²) in [5, 5.41) is 25.2. The van der Waals surface area contributed by atoms with Gasteiger partial charge in [0.2, 0.25) is 0 Å². The van der Waals surface area contributed by atoms with Crippen molar-refractivity contribution >= 4 is 7.32 Å². The molecule has 127 heavy (non-hydrogen) atoms. The minimum Gasteiger partial charge on any atom is -0.907 e. The van der Waals surface area contributed by atoms with E-state index in [4.69, 9.17) is 15.1 Å². The van der Waals surface area contributed by atoms with Crippen molar-refractivity contribution in [3.8, 4) is 0 Å². The maximum atomic E-state index is 8.42.